The minimum absolute atomic E-state index is 0.0985. The summed E-state index contributed by atoms with van der Waals surface area (Å²) in [5, 5.41) is 0. The summed E-state index contributed by atoms with van der Waals surface area (Å²) in [7, 11) is 0. The summed E-state index contributed by atoms with van der Waals surface area (Å²) < 4.78 is 12.4. The fraction of sp³-hybridized carbons (Fsp3) is 0.714. The van der Waals surface area contributed by atoms with Gasteiger partial charge in [0.1, 0.15) is 0 Å². The normalized spacial score (nSPS) is 13.5. The number of hydrogen-bond acceptors (Lipinski definition) is 2. The Morgan fingerprint density at radius 1 is 1.06 bits per heavy atom. The highest BCUT2D eigenvalue weighted by Crippen LogP contribution is 2.20. The first-order valence-corrected chi connectivity index (χ1v) is 7.54. The van der Waals surface area contributed by atoms with Gasteiger partial charge in [0.2, 0.25) is 0 Å². The first kappa shape index (κ1) is 17.1. The SMILES string of the molecule is CCOC(C/C=C/C(CC)=C(/I)CC)OCC. The Morgan fingerprint density at radius 2 is 1.65 bits per heavy atom. The van der Waals surface area contributed by atoms with E-state index in [9.17, 15) is 0 Å². The van der Waals surface area contributed by atoms with Gasteiger partial charge >= 0.3 is 0 Å². The molecule has 0 rings (SSSR count). The van der Waals surface area contributed by atoms with Crippen LogP contribution in [0.2, 0.25) is 0 Å². The summed E-state index contributed by atoms with van der Waals surface area (Å²) in [4.78, 5) is 0. The van der Waals surface area contributed by atoms with Gasteiger partial charge in [-0.05, 0) is 58.4 Å². The Hall–Kier alpha value is 0.130. The molecular formula is C14H25IO2. The van der Waals surface area contributed by atoms with Gasteiger partial charge in [-0.25, -0.2) is 0 Å². The molecule has 0 bridgehead atoms. The Labute approximate surface area is 120 Å². The molecule has 17 heavy (non-hydrogen) atoms. The average molecular weight is 352 g/mol. The average Bonchev–Trinajstić information content (AvgIpc) is 2.34. The summed E-state index contributed by atoms with van der Waals surface area (Å²) in [5.74, 6) is 0. The molecule has 0 fully saturated rings. The molecule has 0 aromatic heterocycles. The molecule has 100 valence electrons. The molecule has 3 heteroatoms. The van der Waals surface area contributed by atoms with Crippen LogP contribution in [-0.4, -0.2) is 19.5 Å². The zero-order chi connectivity index (χ0) is 13.1. The van der Waals surface area contributed by atoms with E-state index in [2.05, 4.69) is 48.6 Å². The van der Waals surface area contributed by atoms with Crippen molar-refractivity contribution in [2.75, 3.05) is 13.2 Å². The van der Waals surface area contributed by atoms with Crippen LogP contribution in [0.15, 0.2) is 21.3 Å². The second-order valence-electron chi connectivity index (χ2n) is 3.62. The summed E-state index contributed by atoms with van der Waals surface area (Å²) in [6.07, 6.45) is 7.27. The fourth-order valence-electron chi connectivity index (χ4n) is 1.50. The molecule has 0 saturated carbocycles. The van der Waals surface area contributed by atoms with E-state index in [1.165, 1.54) is 9.15 Å². The minimum Gasteiger partial charge on any atom is -0.353 e. The maximum Gasteiger partial charge on any atom is 0.160 e. The number of rotatable bonds is 9. The van der Waals surface area contributed by atoms with Gasteiger partial charge < -0.3 is 9.47 Å². The van der Waals surface area contributed by atoms with Crippen LogP contribution < -0.4 is 0 Å². The smallest absolute Gasteiger partial charge is 0.160 e. The lowest BCUT2D eigenvalue weighted by atomic mass is 10.1. The summed E-state index contributed by atoms with van der Waals surface area (Å²) in [6.45, 7) is 9.76. The van der Waals surface area contributed by atoms with Crippen molar-refractivity contribution in [2.24, 2.45) is 0 Å². The van der Waals surface area contributed by atoms with Crippen molar-refractivity contribution in [2.45, 2.75) is 53.2 Å². The van der Waals surface area contributed by atoms with Crippen molar-refractivity contribution in [3.63, 3.8) is 0 Å². The van der Waals surface area contributed by atoms with Crippen molar-refractivity contribution < 1.29 is 9.47 Å². The Morgan fingerprint density at radius 3 is 2.06 bits per heavy atom. The number of halogens is 1. The molecule has 0 aliphatic rings. The topological polar surface area (TPSA) is 18.5 Å². The lowest BCUT2D eigenvalue weighted by Gasteiger charge is -2.14. The molecule has 0 spiro atoms. The maximum absolute atomic E-state index is 5.49. The first-order chi connectivity index (χ1) is 8.19. The third-order valence-electron chi connectivity index (χ3n) is 2.39. The fourth-order valence-corrected chi connectivity index (χ4v) is 2.07. The van der Waals surface area contributed by atoms with Crippen molar-refractivity contribution in [3.8, 4) is 0 Å². The van der Waals surface area contributed by atoms with Crippen molar-refractivity contribution >= 4 is 22.6 Å². The van der Waals surface area contributed by atoms with E-state index in [1.54, 1.807) is 0 Å². The van der Waals surface area contributed by atoms with Crippen LogP contribution in [-0.2, 0) is 9.47 Å². The van der Waals surface area contributed by atoms with Gasteiger partial charge in [0.05, 0.1) is 0 Å². The number of allylic oxidation sites excluding steroid dienone is 3. The van der Waals surface area contributed by atoms with Crippen LogP contribution in [0.4, 0.5) is 0 Å². The van der Waals surface area contributed by atoms with Crippen molar-refractivity contribution in [1.82, 2.24) is 0 Å². The predicted octanol–water partition coefficient (Wildman–Crippen LogP) is 4.84. The van der Waals surface area contributed by atoms with E-state index >= 15 is 0 Å². The highest BCUT2D eigenvalue weighted by molar-refractivity contribution is 14.1. The molecule has 0 aromatic rings. The minimum atomic E-state index is -0.0985. The molecular weight excluding hydrogens is 327 g/mol. The molecule has 0 aliphatic carbocycles. The Kier molecular flexibility index (Phi) is 11.3. The molecule has 0 heterocycles. The lowest BCUT2D eigenvalue weighted by Crippen LogP contribution is -2.16. The standard InChI is InChI=1S/C14H25IO2/c1-5-12(13(15)6-2)10-9-11-14(16-7-3)17-8-4/h9-10,14H,5-8,11H2,1-4H3/b10-9+,13-12+. The van der Waals surface area contributed by atoms with Gasteiger partial charge in [0.25, 0.3) is 0 Å². The van der Waals surface area contributed by atoms with E-state index in [4.69, 9.17) is 9.47 Å². The highest BCUT2D eigenvalue weighted by atomic mass is 127. The Balaban J connectivity index is 4.30. The molecule has 0 N–H and O–H groups in total. The monoisotopic (exact) mass is 352 g/mol. The third-order valence-corrected chi connectivity index (χ3v) is 3.85. The second-order valence-corrected chi connectivity index (χ2v) is 4.92. The van der Waals surface area contributed by atoms with Crippen molar-refractivity contribution in [3.05, 3.63) is 21.3 Å². The zero-order valence-electron chi connectivity index (χ0n) is 11.5. The van der Waals surface area contributed by atoms with Crippen LogP contribution in [0.1, 0.15) is 47.0 Å². The van der Waals surface area contributed by atoms with E-state index in [1.807, 2.05) is 13.8 Å². The van der Waals surface area contributed by atoms with Gasteiger partial charge in [0.15, 0.2) is 6.29 Å². The van der Waals surface area contributed by atoms with Crippen LogP contribution in [0, 0.1) is 0 Å². The second kappa shape index (κ2) is 11.2. The maximum atomic E-state index is 5.49. The van der Waals surface area contributed by atoms with E-state index in [0.29, 0.717) is 13.2 Å². The van der Waals surface area contributed by atoms with Crippen LogP contribution in [0.5, 0.6) is 0 Å². The lowest BCUT2D eigenvalue weighted by molar-refractivity contribution is -0.133. The van der Waals surface area contributed by atoms with Gasteiger partial charge in [0, 0.05) is 19.6 Å². The van der Waals surface area contributed by atoms with E-state index < -0.39 is 0 Å². The van der Waals surface area contributed by atoms with Crippen LogP contribution in [0.25, 0.3) is 0 Å². The molecule has 0 atom stereocenters. The summed E-state index contributed by atoms with van der Waals surface area (Å²) >= 11 is 2.42. The molecule has 0 aromatic carbocycles. The quantitative estimate of drug-likeness (QED) is 0.336. The van der Waals surface area contributed by atoms with E-state index in [-0.39, 0.29) is 6.29 Å². The molecule has 0 aliphatic heterocycles. The molecule has 0 saturated heterocycles. The number of hydrogen-bond donors (Lipinski definition) is 0. The molecule has 2 nitrogen and oxygen atoms in total. The van der Waals surface area contributed by atoms with Gasteiger partial charge in [-0.1, -0.05) is 26.0 Å². The molecule has 0 radical (unpaired) electrons. The van der Waals surface area contributed by atoms with Crippen LogP contribution in [0.3, 0.4) is 0 Å². The first-order valence-electron chi connectivity index (χ1n) is 6.46. The van der Waals surface area contributed by atoms with Crippen molar-refractivity contribution in [1.29, 1.82) is 0 Å². The van der Waals surface area contributed by atoms with Gasteiger partial charge in [-0.15, -0.1) is 0 Å². The van der Waals surface area contributed by atoms with Gasteiger partial charge in [-0.3, -0.25) is 0 Å². The molecule has 0 amide bonds. The van der Waals surface area contributed by atoms with E-state index in [0.717, 1.165) is 19.3 Å². The zero-order valence-corrected chi connectivity index (χ0v) is 13.6. The Bertz CT molecular complexity index is 241. The summed E-state index contributed by atoms with van der Waals surface area (Å²) in [5.41, 5.74) is 1.42. The predicted molar refractivity (Wildman–Crippen MR) is 82.4 cm³/mol. The largest absolute Gasteiger partial charge is 0.353 e. The number of ether oxygens (including phenoxy) is 2. The third kappa shape index (κ3) is 7.95. The highest BCUT2D eigenvalue weighted by Gasteiger charge is 2.04. The van der Waals surface area contributed by atoms with Crippen LogP contribution >= 0.6 is 22.6 Å². The summed E-state index contributed by atoms with van der Waals surface area (Å²) in [6, 6.07) is 0. The van der Waals surface area contributed by atoms with Gasteiger partial charge in [-0.2, -0.15) is 0 Å². The molecule has 0 unspecified atom stereocenters.